The maximum atomic E-state index is 11.8. The molecule has 0 aliphatic carbocycles. The smallest absolute Gasteiger partial charge is 0.138 e. The molecule has 2 heterocycles. The SMILES string of the molecule is FCCOCCOCc1ccc(C#Cc2cc3cccnc3[nH]2)cc1. The van der Waals surface area contributed by atoms with Gasteiger partial charge in [0, 0.05) is 17.1 Å². The number of pyridine rings is 1. The lowest BCUT2D eigenvalue weighted by Crippen LogP contribution is -2.06. The van der Waals surface area contributed by atoms with Crippen molar-refractivity contribution in [2.24, 2.45) is 0 Å². The van der Waals surface area contributed by atoms with Crippen molar-refractivity contribution in [3.05, 3.63) is 65.5 Å². The Morgan fingerprint density at radius 2 is 1.84 bits per heavy atom. The molecule has 0 unspecified atom stereocenters. The second kappa shape index (κ2) is 8.97. The van der Waals surface area contributed by atoms with Gasteiger partial charge in [-0.15, -0.1) is 0 Å². The van der Waals surface area contributed by atoms with Gasteiger partial charge in [-0.1, -0.05) is 18.1 Å². The van der Waals surface area contributed by atoms with Crippen LogP contribution in [0.25, 0.3) is 11.0 Å². The Hall–Kier alpha value is -2.68. The number of ether oxygens (including phenoxy) is 2. The van der Waals surface area contributed by atoms with Crippen LogP contribution in [0.4, 0.5) is 4.39 Å². The zero-order valence-electron chi connectivity index (χ0n) is 13.8. The fraction of sp³-hybridized carbons (Fsp3) is 0.250. The van der Waals surface area contributed by atoms with Crippen molar-refractivity contribution in [2.45, 2.75) is 6.61 Å². The van der Waals surface area contributed by atoms with E-state index in [2.05, 4.69) is 21.8 Å². The van der Waals surface area contributed by atoms with Crippen molar-refractivity contribution in [2.75, 3.05) is 26.5 Å². The molecule has 3 aromatic rings. The average molecular weight is 338 g/mol. The van der Waals surface area contributed by atoms with Gasteiger partial charge < -0.3 is 14.5 Å². The summed E-state index contributed by atoms with van der Waals surface area (Å²) in [6, 6.07) is 13.8. The third kappa shape index (κ3) is 5.15. The number of fused-ring (bicyclic) bond motifs is 1. The average Bonchev–Trinajstić information content (AvgIpc) is 3.07. The van der Waals surface area contributed by atoms with Crippen molar-refractivity contribution in [1.82, 2.24) is 9.97 Å². The van der Waals surface area contributed by atoms with E-state index in [1.165, 1.54) is 0 Å². The van der Waals surface area contributed by atoms with Crippen LogP contribution < -0.4 is 0 Å². The lowest BCUT2D eigenvalue weighted by Gasteiger charge is -2.04. The highest BCUT2D eigenvalue weighted by Gasteiger charge is 1.98. The molecular weight excluding hydrogens is 319 g/mol. The van der Waals surface area contributed by atoms with Gasteiger partial charge in [0.1, 0.15) is 12.3 Å². The summed E-state index contributed by atoms with van der Waals surface area (Å²) in [5.41, 5.74) is 3.68. The molecule has 0 saturated carbocycles. The summed E-state index contributed by atoms with van der Waals surface area (Å²) in [5, 5.41) is 1.05. The molecule has 1 N–H and O–H groups in total. The number of alkyl halides is 1. The summed E-state index contributed by atoms with van der Waals surface area (Å²) in [6.07, 6.45) is 1.75. The molecule has 4 nitrogen and oxygen atoms in total. The molecule has 1 aromatic carbocycles. The number of nitrogens with zero attached hydrogens (tertiary/aromatic N) is 1. The Kier molecular flexibility index (Phi) is 6.16. The molecule has 0 fully saturated rings. The number of hydrogen-bond acceptors (Lipinski definition) is 3. The van der Waals surface area contributed by atoms with Gasteiger partial charge in [0.2, 0.25) is 0 Å². The molecule has 3 rings (SSSR count). The number of benzene rings is 1. The van der Waals surface area contributed by atoms with Gasteiger partial charge in [-0.2, -0.15) is 0 Å². The predicted molar refractivity (Wildman–Crippen MR) is 95.0 cm³/mol. The van der Waals surface area contributed by atoms with Crippen LogP contribution in [0.1, 0.15) is 16.8 Å². The van der Waals surface area contributed by atoms with Crippen LogP contribution in [0.2, 0.25) is 0 Å². The summed E-state index contributed by atoms with van der Waals surface area (Å²) in [4.78, 5) is 7.44. The van der Waals surface area contributed by atoms with Gasteiger partial charge in [-0.05, 0) is 41.8 Å². The summed E-state index contributed by atoms with van der Waals surface area (Å²) >= 11 is 0. The largest absolute Gasteiger partial charge is 0.376 e. The van der Waals surface area contributed by atoms with Crippen molar-refractivity contribution in [3.63, 3.8) is 0 Å². The molecule has 25 heavy (non-hydrogen) atoms. The highest BCUT2D eigenvalue weighted by molar-refractivity contribution is 5.77. The number of nitrogens with one attached hydrogen (secondary N) is 1. The molecule has 0 saturated heterocycles. The zero-order valence-corrected chi connectivity index (χ0v) is 13.8. The van der Waals surface area contributed by atoms with E-state index in [-0.39, 0.29) is 6.61 Å². The predicted octanol–water partition coefficient (Wildman–Crippen LogP) is 3.47. The minimum atomic E-state index is -0.461. The monoisotopic (exact) mass is 338 g/mol. The quantitative estimate of drug-likeness (QED) is 0.530. The first-order valence-corrected chi connectivity index (χ1v) is 8.11. The zero-order chi connectivity index (χ0) is 17.3. The highest BCUT2D eigenvalue weighted by Crippen LogP contribution is 2.11. The summed E-state index contributed by atoms with van der Waals surface area (Å²) in [6.45, 7) is 1.03. The van der Waals surface area contributed by atoms with E-state index < -0.39 is 6.67 Å². The molecular formula is C20H19FN2O2. The van der Waals surface area contributed by atoms with Crippen LogP contribution in [0.5, 0.6) is 0 Å². The Bertz CT molecular complexity index is 830. The van der Waals surface area contributed by atoms with Crippen LogP contribution in [0, 0.1) is 11.8 Å². The van der Waals surface area contributed by atoms with Crippen LogP contribution in [-0.4, -0.2) is 36.5 Å². The minimum absolute atomic E-state index is 0.128. The third-order valence-electron chi connectivity index (χ3n) is 3.55. The van der Waals surface area contributed by atoms with Crippen LogP contribution in [0.3, 0.4) is 0 Å². The third-order valence-corrected chi connectivity index (χ3v) is 3.55. The molecule has 0 bridgehead atoms. The topological polar surface area (TPSA) is 47.1 Å². The lowest BCUT2D eigenvalue weighted by molar-refractivity contribution is 0.0362. The summed E-state index contributed by atoms with van der Waals surface area (Å²) in [7, 11) is 0. The van der Waals surface area contributed by atoms with Gasteiger partial charge in [-0.3, -0.25) is 0 Å². The van der Waals surface area contributed by atoms with Gasteiger partial charge in [0.25, 0.3) is 0 Å². The van der Waals surface area contributed by atoms with E-state index in [0.29, 0.717) is 19.8 Å². The van der Waals surface area contributed by atoms with Crippen molar-refractivity contribution < 1.29 is 13.9 Å². The standard InChI is InChI=1S/C20H19FN2O2/c21-9-11-24-12-13-25-15-17-5-3-16(4-6-17)7-8-19-14-18-2-1-10-22-20(18)23-19/h1-6,10,14H,9,11-13,15H2,(H,22,23). The second-order valence-electron chi connectivity index (χ2n) is 5.43. The second-order valence-corrected chi connectivity index (χ2v) is 5.43. The van der Waals surface area contributed by atoms with Gasteiger partial charge in [-0.25, -0.2) is 9.37 Å². The molecule has 128 valence electrons. The molecule has 0 aliphatic heterocycles. The molecule has 0 atom stereocenters. The Labute approximate surface area is 146 Å². The fourth-order valence-electron chi connectivity index (χ4n) is 2.31. The number of rotatable bonds is 7. The maximum absolute atomic E-state index is 11.8. The van der Waals surface area contributed by atoms with E-state index >= 15 is 0 Å². The molecule has 5 heteroatoms. The van der Waals surface area contributed by atoms with Crippen LogP contribution in [-0.2, 0) is 16.1 Å². The van der Waals surface area contributed by atoms with Gasteiger partial charge >= 0.3 is 0 Å². The molecule has 0 aliphatic rings. The molecule has 2 aromatic heterocycles. The molecule has 0 amide bonds. The first-order chi connectivity index (χ1) is 12.3. The van der Waals surface area contributed by atoms with Crippen molar-refractivity contribution in [3.8, 4) is 11.8 Å². The van der Waals surface area contributed by atoms with E-state index in [1.54, 1.807) is 6.20 Å². The Morgan fingerprint density at radius 3 is 2.64 bits per heavy atom. The van der Waals surface area contributed by atoms with Gasteiger partial charge in [0.15, 0.2) is 0 Å². The first kappa shape index (κ1) is 17.2. The minimum Gasteiger partial charge on any atom is -0.376 e. The van der Waals surface area contributed by atoms with Crippen LogP contribution >= 0.6 is 0 Å². The summed E-state index contributed by atoms with van der Waals surface area (Å²) in [5.74, 6) is 6.25. The highest BCUT2D eigenvalue weighted by atomic mass is 19.1. The van der Waals surface area contributed by atoms with E-state index in [0.717, 1.165) is 27.9 Å². The first-order valence-electron chi connectivity index (χ1n) is 8.11. The maximum Gasteiger partial charge on any atom is 0.138 e. The number of aromatic amines is 1. The normalized spacial score (nSPS) is 10.6. The summed E-state index contributed by atoms with van der Waals surface area (Å²) < 4.78 is 22.3. The van der Waals surface area contributed by atoms with Crippen molar-refractivity contribution >= 4 is 11.0 Å². The lowest BCUT2D eigenvalue weighted by atomic mass is 10.1. The van der Waals surface area contributed by atoms with Crippen LogP contribution in [0.15, 0.2) is 48.7 Å². The van der Waals surface area contributed by atoms with Crippen molar-refractivity contribution in [1.29, 1.82) is 0 Å². The van der Waals surface area contributed by atoms with Gasteiger partial charge in [0.05, 0.1) is 32.1 Å². The molecule has 0 radical (unpaired) electrons. The van der Waals surface area contributed by atoms with E-state index in [4.69, 9.17) is 9.47 Å². The Balaban J connectivity index is 1.52. The molecule has 0 spiro atoms. The number of halogens is 1. The number of hydrogen-bond donors (Lipinski definition) is 1. The fourth-order valence-corrected chi connectivity index (χ4v) is 2.31. The Morgan fingerprint density at radius 1 is 1.00 bits per heavy atom. The van der Waals surface area contributed by atoms with E-state index in [1.807, 2.05) is 42.5 Å². The number of H-pyrrole nitrogens is 1. The number of aromatic nitrogens is 2. The van der Waals surface area contributed by atoms with E-state index in [9.17, 15) is 4.39 Å².